The zero-order valence-electron chi connectivity index (χ0n) is 12.7. The second-order valence-electron chi connectivity index (χ2n) is 6.33. The van der Waals surface area contributed by atoms with Gasteiger partial charge in [0.25, 0.3) is 0 Å². The van der Waals surface area contributed by atoms with Crippen molar-refractivity contribution in [2.45, 2.75) is 34.6 Å². The molecule has 0 fully saturated rings. The van der Waals surface area contributed by atoms with Gasteiger partial charge in [-0.05, 0) is 0 Å². The summed E-state index contributed by atoms with van der Waals surface area (Å²) in [5.74, 6) is 7.27. The summed E-state index contributed by atoms with van der Waals surface area (Å²) in [6.07, 6.45) is 0. The second-order valence-corrected chi connectivity index (χ2v) is 21.0. The Bertz CT molecular complexity index is 637. The summed E-state index contributed by atoms with van der Waals surface area (Å²) >= 11 is 4.09. The van der Waals surface area contributed by atoms with Crippen LogP contribution >= 0.6 is 4.20 Å². The first-order valence-electron chi connectivity index (χ1n) is 6.87. The van der Waals surface area contributed by atoms with Crippen molar-refractivity contribution >= 4 is 39.1 Å². The fourth-order valence-electron chi connectivity index (χ4n) is 2.19. The van der Waals surface area contributed by atoms with Crippen LogP contribution in [0, 0.1) is 23.2 Å². The summed E-state index contributed by atoms with van der Waals surface area (Å²) in [6, 6.07) is 11.0. The molecule has 0 amide bonds. The van der Waals surface area contributed by atoms with Gasteiger partial charge in [-0.3, -0.25) is 0 Å². The molecule has 20 heavy (non-hydrogen) atoms. The molecule has 0 spiro atoms. The van der Waals surface area contributed by atoms with Crippen LogP contribution in [-0.4, -0.2) is 29.6 Å². The molecule has 1 aromatic carbocycles. The van der Waals surface area contributed by atoms with Crippen molar-refractivity contribution in [1.82, 2.24) is 0 Å². The van der Waals surface area contributed by atoms with E-state index in [-0.39, 0.29) is 5.41 Å². The molecule has 106 valence electrons. The van der Waals surface area contributed by atoms with Gasteiger partial charge in [-0.1, -0.05) is 0 Å². The Morgan fingerprint density at radius 3 is 2.25 bits per heavy atom. The molecule has 0 bridgehead atoms. The van der Waals surface area contributed by atoms with Gasteiger partial charge in [0.1, 0.15) is 0 Å². The monoisotopic (exact) mass is 416 g/mol. The summed E-state index contributed by atoms with van der Waals surface area (Å²) in [5.41, 5.74) is 0.204. The number of rotatable bonds is 1. The van der Waals surface area contributed by atoms with Crippen LogP contribution in [-0.2, 0) is 0 Å². The van der Waals surface area contributed by atoms with Gasteiger partial charge in [0, 0.05) is 0 Å². The molecule has 0 radical (unpaired) electrons. The summed E-state index contributed by atoms with van der Waals surface area (Å²) in [7, 11) is 0. The topological polar surface area (TPSA) is 0 Å². The molecule has 3 heteroatoms. The van der Waals surface area contributed by atoms with Crippen LogP contribution < -0.4 is 5.30 Å². The number of benzene rings is 1. The fraction of sp³-hybridized carbons (Fsp3) is 0.412. The molecule has 1 aliphatic heterocycles. The van der Waals surface area contributed by atoms with E-state index in [0.29, 0.717) is 20.4 Å². The zero-order chi connectivity index (χ0) is 15.0. The van der Waals surface area contributed by atoms with Crippen molar-refractivity contribution in [3.05, 3.63) is 40.1 Å². The molecule has 1 heterocycles. The third-order valence-corrected chi connectivity index (χ3v) is 17.1. The first kappa shape index (κ1) is 16.4. The van der Waals surface area contributed by atoms with E-state index < -0.39 is 4.20 Å². The Hall–Kier alpha value is -0.0110. The normalized spacial score (nSPS) is 22.3. The van der Waals surface area contributed by atoms with Crippen LogP contribution in [0.4, 0.5) is 0 Å². The fourth-order valence-corrected chi connectivity index (χ4v) is 18.7. The van der Waals surface area contributed by atoms with Crippen molar-refractivity contribution in [2.75, 3.05) is 0 Å². The Kier molecular flexibility index (Phi) is 4.91. The van der Waals surface area contributed by atoms with Crippen molar-refractivity contribution in [3.63, 3.8) is 0 Å². The average Bonchev–Trinajstić information content (AvgIpc) is 2.32. The SMILES string of the molecule is CC(C)C#CC1=C(C(C)(C)C)P(=[Se])(c2ccccc2)[Se]1. The molecule has 0 nitrogen and oxygen atoms in total. The quantitative estimate of drug-likeness (QED) is 0.371. The van der Waals surface area contributed by atoms with E-state index in [4.69, 9.17) is 0 Å². The van der Waals surface area contributed by atoms with Crippen LogP contribution in [0.25, 0.3) is 0 Å². The molecule has 0 N–H and O–H groups in total. The van der Waals surface area contributed by atoms with Gasteiger partial charge < -0.3 is 0 Å². The first-order chi connectivity index (χ1) is 9.25. The summed E-state index contributed by atoms with van der Waals surface area (Å²) in [6.45, 7) is 11.3. The second kappa shape index (κ2) is 6.01. The van der Waals surface area contributed by atoms with Crippen LogP contribution in [0.1, 0.15) is 34.6 Å². The Labute approximate surface area is 136 Å². The van der Waals surface area contributed by atoms with Crippen molar-refractivity contribution in [2.24, 2.45) is 11.3 Å². The van der Waals surface area contributed by atoms with E-state index in [1.54, 1.807) is 5.31 Å². The van der Waals surface area contributed by atoms with Gasteiger partial charge in [-0.2, -0.15) is 0 Å². The number of allylic oxidation sites excluding steroid dienone is 2. The van der Waals surface area contributed by atoms with Crippen LogP contribution in [0.5, 0.6) is 0 Å². The Morgan fingerprint density at radius 1 is 1.15 bits per heavy atom. The van der Waals surface area contributed by atoms with E-state index in [2.05, 4.69) is 91.9 Å². The molecule has 0 aromatic heterocycles. The molecule has 0 aliphatic carbocycles. The van der Waals surface area contributed by atoms with E-state index in [1.807, 2.05) is 0 Å². The molecule has 0 saturated heterocycles. The molecule has 0 saturated carbocycles. The van der Waals surface area contributed by atoms with Gasteiger partial charge in [0.05, 0.1) is 0 Å². The predicted molar refractivity (Wildman–Crippen MR) is 93.6 cm³/mol. The average molecular weight is 414 g/mol. The van der Waals surface area contributed by atoms with Gasteiger partial charge in [0.2, 0.25) is 0 Å². The van der Waals surface area contributed by atoms with Gasteiger partial charge in [-0.25, -0.2) is 0 Å². The van der Waals surface area contributed by atoms with Crippen molar-refractivity contribution in [3.8, 4) is 11.8 Å². The van der Waals surface area contributed by atoms with E-state index in [1.165, 1.54) is 9.78 Å². The third-order valence-electron chi connectivity index (χ3n) is 3.01. The molecule has 2 rings (SSSR count). The summed E-state index contributed by atoms with van der Waals surface area (Å²) in [4.78, 5) is 0. The first-order valence-corrected chi connectivity index (χ1v) is 13.9. The van der Waals surface area contributed by atoms with Crippen LogP contribution in [0.3, 0.4) is 0 Å². The zero-order valence-corrected chi connectivity index (χ0v) is 17.0. The molecule has 1 atom stereocenters. The molecule has 1 unspecified atom stereocenters. The summed E-state index contributed by atoms with van der Waals surface area (Å²) < 4.78 is 0.211. The molecular weight excluding hydrogens is 393 g/mol. The van der Waals surface area contributed by atoms with E-state index in [9.17, 15) is 0 Å². The molecular formula is C17H21PSe2. The van der Waals surface area contributed by atoms with Crippen LogP contribution in [0.2, 0.25) is 0 Å². The van der Waals surface area contributed by atoms with Crippen molar-refractivity contribution in [1.29, 1.82) is 0 Å². The van der Waals surface area contributed by atoms with E-state index in [0.717, 1.165) is 0 Å². The number of hydrogen-bond acceptors (Lipinski definition) is 0. The van der Waals surface area contributed by atoms with Crippen molar-refractivity contribution < 1.29 is 0 Å². The van der Waals surface area contributed by atoms with Gasteiger partial charge in [0.15, 0.2) is 0 Å². The maximum atomic E-state index is 3.59. The Balaban J connectivity index is 2.51. The predicted octanol–water partition coefficient (Wildman–Crippen LogP) is 3.96. The summed E-state index contributed by atoms with van der Waals surface area (Å²) in [5, 5.41) is 3.10. The molecule has 1 aromatic rings. The Morgan fingerprint density at radius 2 is 1.75 bits per heavy atom. The number of hydrogen-bond donors (Lipinski definition) is 0. The standard InChI is InChI=1S/C17H21PSe2/c1-13(2)11-12-15-16(17(3,4)5)18(19,20-15)14-9-7-6-8-10-14/h6-10,13H,1-5H3. The van der Waals surface area contributed by atoms with Gasteiger partial charge in [-0.15, -0.1) is 0 Å². The van der Waals surface area contributed by atoms with Crippen LogP contribution in [0.15, 0.2) is 40.1 Å². The third kappa shape index (κ3) is 3.25. The van der Waals surface area contributed by atoms with E-state index >= 15 is 0 Å². The minimum absolute atomic E-state index is 0.204. The minimum atomic E-state index is -1.23. The van der Waals surface area contributed by atoms with Gasteiger partial charge >= 0.3 is 137 Å². The molecule has 1 aliphatic rings. The maximum absolute atomic E-state index is 3.59.